The second kappa shape index (κ2) is 8.84. The van der Waals surface area contributed by atoms with E-state index in [1.165, 1.54) is 24.3 Å². The minimum atomic E-state index is -4.59. The van der Waals surface area contributed by atoms with Crippen LogP contribution in [0.15, 0.2) is 97.9 Å². The molecule has 0 amide bonds. The maximum Gasteiger partial charge on any atom is 0.416 e. The van der Waals surface area contributed by atoms with Crippen molar-refractivity contribution in [3.05, 3.63) is 101 Å². The quantitative estimate of drug-likeness (QED) is 0.280. The highest BCUT2D eigenvalue weighted by molar-refractivity contribution is 7.92. The van der Waals surface area contributed by atoms with Gasteiger partial charge in [-0.05, 0) is 50.2 Å². The Hall–Kier alpha value is -3.90. The van der Waals surface area contributed by atoms with E-state index in [1.54, 1.807) is 32.0 Å². The maximum absolute atomic E-state index is 13.7. The summed E-state index contributed by atoms with van der Waals surface area (Å²) in [6.45, 7) is 3.49. The molecule has 4 aromatic rings. The molecule has 7 nitrogen and oxygen atoms in total. The first-order valence-corrected chi connectivity index (χ1v) is 14.1. The molecule has 0 aliphatic carbocycles. The minimum absolute atomic E-state index is 0.0325. The van der Waals surface area contributed by atoms with Gasteiger partial charge in [0.15, 0.2) is 10.1 Å². The Morgan fingerprint density at radius 2 is 1.45 bits per heavy atom. The van der Waals surface area contributed by atoms with Crippen molar-refractivity contribution in [1.82, 2.24) is 9.97 Å². The zero-order valence-corrected chi connectivity index (χ0v) is 21.5. The summed E-state index contributed by atoms with van der Waals surface area (Å²) in [5.41, 5.74) is 0.257. The molecule has 0 unspecified atom stereocenters. The van der Waals surface area contributed by atoms with Crippen LogP contribution in [0, 0.1) is 13.8 Å². The molecule has 0 bridgehead atoms. The molecule has 2 heterocycles. The van der Waals surface area contributed by atoms with E-state index in [4.69, 9.17) is 0 Å². The number of sulfone groups is 2. The van der Waals surface area contributed by atoms with E-state index in [1.807, 2.05) is 0 Å². The van der Waals surface area contributed by atoms with Gasteiger partial charge in [0, 0.05) is 11.1 Å². The number of aryl methyl sites for hydroxylation is 2. The number of aromatic nitrogens is 2. The van der Waals surface area contributed by atoms with Crippen molar-refractivity contribution < 1.29 is 30.0 Å². The number of alkyl halides is 3. The average Bonchev–Trinajstić information content (AvgIpc) is 2.95. The second-order valence-electron chi connectivity index (χ2n) is 8.69. The van der Waals surface area contributed by atoms with Crippen LogP contribution in [-0.2, 0) is 25.9 Å². The van der Waals surface area contributed by atoms with Crippen molar-refractivity contribution in [2.45, 2.75) is 39.9 Å². The van der Waals surface area contributed by atoms with Gasteiger partial charge in [0.05, 0.1) is 21.1 Å². The third kappa shape index (κ3) is 4.29. The Kier molecular flexibility index (Phi) is 5.99. The van der Waals surface area contributed by atoms with Gasteiger partial charge in [-0.1, -0.05) is 41.5 Å². The van der Waals surface area contributed by atoms with E-state index < -0.39 is 47.2 Å². The smallest absolute Gasteiger partial charge is 0.242 e. The van der Waals surface area contributed by atoms with E-state index >= 15 is 0 Å². The Labute approximate surface area is 216 Å². The van der Waals surface area contributed by atoms with Crippen molar-refractivity contribution in [1.29, 1.82) is 0 Å². The zero-order valence-electron chi connectivity index (χ0n) is 19.9. The number of hydrogen-bond donors (Lipinski definition) is 0. The molecule has 3 aromatic carbocycles. The molecule has 5 rings (SSSR count). The minimum Gasteiger partial charge on any atom is -0.242 e. The molecule has 0 fully saturated rings. The van der Waals surface area contributed by atoms with E-state index in [0.29, 0.717) is 5.56 Å². The van der Waals surface area contributed by atoms with E-state index in [0.717, 1.165) is 36.2 Å². The monoisotopic (exact) mass is 557 g/mol. The number of halogens is 3. The molecule has 1 aromatic heterocycles. The largest absolute Gasteiger partial charge is 0.416 e. The summed E-state index contributed by atoms with van der Waals surface area (Å²) in [5, 5.41) is -1.26. The number of benzene rings is 3. The highest BCUT2D eigenvalue weighted by atomic mass is 32.2. The van der Waals surface area contributed by atoms with Gasteiger partial charge in [-0.15, -0.1) is 0 Å². The zero-order chi connectivity index (χ0) is 27.5. The van der Waals surface area contributed by atoms with Gasteiger partial charge in [0.2, 0.25) is 19.7 Å². The fraction of sp³-hybridized carbons (Fsp3) is 0.115. The fourth-order valence-electron chi connectivity index (χ4n) is 4.04. The first-order valence-electron chi connectivity index (χ1n) is 11.1. The summed E-state index contributed by atoms with van der Waals surface area (Å²) in [4.78, 5) is 11.9. The van der Waals surface area contributed by atoms with E-state index in [2.05, 4.69) is 15.0 Å². The summed E-state index contributed by atoms with van der Waals surface area (Å²) >= 11 is 0. The Morgan fingerprint density at radius 1 is 0.816 bits per heavy atom. The molecular formula is C26H18F3N3O4S2. The first-order chi connectivity index (χ1) is 17.8. The third-order valence-corrected chi connectivity index (χ3v) is 9.43. The van der Waals surface area contributed by atoms with Crippen LogP contribution in [0.25, 0.3) is 0 Å². The summed E-state index contributed by atoms with van der Waals surface area (Å²) in [6.07, 6.45) is -3.75. The number of nitrogens with zero attached hydrogens (tertiary/aromatic N) is 3. The summed E-state index contributed by atoms with van der Waals surface area (Å²) in [5.74, 6) is 0. The molecule has 0 N–H and O–H groups in total. The molecule has 0 saturated heterocycles. The molecule has 0 radical (unpaired) electrons. The van der Waals surface area contributed by atoms with Crippen molar-refractivity contribution in [3.63, 3.8) is 0 Å². The van der Waals surface area contributed by atoms with Crippen LogP contribution in [0.5, 0.6) is 0 Å². The molecule has 1 aliphatic rings. The van der Waals surface area contributed by atoms with Crippen molar-refractivity contribution in [2.75, 3.05) is 0 Å². The van der Waals surface area contributed by atoms with Gasteiger partial charge in [-0.3, -0.25) is 0 Å². The Bertz CT molecular complexity index is 1830. The van der Waals surface area contributed by atoms with Crippen LogP contribution in [0.1, 0.15) is 27.8 Å². The summed E-state index contributed by atoms with van der Waals surface area (Å²) in [7, 11) is -8.77. The van der Waals surface area contributed by atoms with Gasteiger partial charge < -0.3 is 0 Å². The number of hydrogen-bond acceptors (Lipinski definition) is 7. The van der Waals surface area contributed by atoms with Crippen molar-refractivity contribution in [3.8, 4) is 0 Å². The predicted octanol–water partition coefficient (Wildman–Crippen LogP) is 5.26. The lowest BCUT2D eigenvalue weighted by molar-refractivity contribution is -0.137. The summed E-state index contributed by atoms with van der Waals surface area (Å²) in [6, 6.07) is 14.3. The topological polar surface area (TPSA) is 106 Å². The Morgan fingerprint density at radius 3 is 2.08 bits per heavy atom. The lowest BCUT2D eigenvalue weighted by Crippen LogP contribution is -2.11. The lowest BCUT2D eigenvalue weighted by Gasteiger charge is -2.12. The van der Waals surface area contributed by atoms with Crippen molar-refractivity contribution >= 4 is 31.1 Å². The van der Waals surface area contributed by atoms with Gasteiger partial charge >= 0.3 is 6.18 Å². The van der Waals surface area contributed by atoms with Gasteiger partial charge in [0.25, 0.3) is 0 Å². The molecule has 0 atom stereocenters. The maximum atomic E-state index is 13.7. The number of rotatable bonds is 3. The van der Waals surface area contributed by atoms with Crippen LogP contribution >= 0.6 is 0 Å². The fourth-order valence-corrected chi connectivity index (χ4v) is 6.89. The van der Waals surface area contributed by atoms with Crippen molar-refractivity contribution in [2.24, 2.45) is 4.99 Å². The second-order valence-corrected chi connectivity index (χ2v) is 12.4. The Balaban J connectivity index is 1.84. The van der Waals surface area contributed by atoms with Gasteiger partial charge in [-0.25, -0.2) is 31.8 Å². The van der Waals surface area contributed by atoms with Crippen LogP contribution in [0.2, 0.25) is 0 Å². The third-order valence-electron chi connectivity index (χ3n) is 5.98. The standard InChI is InChI=1S/C26H18F3N3O4S2/c1-15-3-10-19(11-4-15)37(33,34)24-23-25(31-14-30-24)38(35,36)21-12-5-16(2)13-20(21)22(32-23)17-6-8-18(9-7-17)26(27,28)29/h3-14H,1-2H3. The molecule has 0 saturated carbocycles. The number of aliphatic imine (C=N–C) groups is 1. The summed E-state index contributed by atoms with van der Waals surface area (Å²) < 4.78 is 94.2. The average molecular weight is 558 g/mol. The van der Waals surface area contributed by atoms with E-state index in [9.17, 15) is 30.0 Å². The molecule has 1 aliphatic heterocycles. The van der Waals surface area contributed by atoms with Crippen LogP contribution in [0.4, 0.5) is 18.9 Å². The van der Waals surface area contributed by atoms with Crippen LogP contribution in [0.3, 0.4) is 0 Å². The number of fused-ring (bicyclic) bond motifs is 2. The molecule has 194 valence electrons. The SMILES string of the molecule is Cc1ccc(S(=O)(=O)c2ncnc3c2N=C(c2ccc(C(F)(F)F)cc2)c2cc(C)ccc2S3(=O)=O)cc1. The normalized spacial score (nSPS) is 14.7. The van der Waals surface area contributed by atoms with E-state index in [-0.39, 0.29) is 26.6 Å². The first kappa shape index (κ1) is 25.7. The highest BCUT2D eigenvalue weighted by Gasteiger charge is 2.37. The molecular weight excluding hydrogens is 539 g/mol. The van der Waals surface area contributed by atoms with Gasteiger partial charge in [-0.2, -0.15) is 13.2 Å². The van der Waals surface area contributed by atoms with Gasteiger partial charge in [0.1, 0.15) is 12.0 Å². The molecule has 0 spiro atoms. The highest BCUT2D eigenvalue weighted by Crippen LogP contribution is 2.40. The van der Waals surface area contributed by atoms with Crippen LogP contribution in [-0.4, -0.2) is 32.5 Å². The lowest BCUT2D eigenvalue weighted by atomic mass is 9.99. The van der Waals surface area contributed by atoms with Crippen LogP contribution < -0.4 is 0 Å². The predicted molar refractivity (Wildman–Crippen MR) is 132 cm³/mol. The molecule has 38 heavy (non-hydrogen) atoms. The molecule has 12 heteroatoms.